The number of carbonyl (C=O) groups excluding carboxylic acids is 1. The average Bonchev–Trinajstić information content (AvgIpc) is 2.64. The molecule has 2 aromatic carbocycles. The quantitative estimate of drug-likeness (QED) is 0.795. The molecule has 0 aliphatic rings. The van der Waals surface area contributed by atoms with E-state index in [4.69, 9.17) is 0 Å². The molecule has 6 heteroatoms. The molecule has 0 saturated carbocycles. The van der Waals surface area contributed by atoms with Gasteiger partial charge in [-0.3, -0.25) is 9.59 Å². The maximum Gasteiger partial charge on any atom is 0.267 e. The lowest BCUT2D eigenvalue weighted by atomic mass is 10.1. The number of nitrogens with zero attached hydrogens (tertiary/aromatic N) is 2. The van der Waals surface area contributed by atoms with E-state index in [0.29, 0.717) is 5.69 Å². The average molecular weight is 337 g/mol. The third-order valence-electron chi connectivity index (χ3n) is 3.77. The van der Waals surface area contributed by atoms with Gasteiger partial charge in [-0.25, -0.2) is 9.07 Å². The fourth-order valence-corrected chi connectivity index (χ4v) is 2.38. The Morgan fingerprint density at radius 3 is 2.44 bits per heavy atom. The maximum atomic E-state index is 13.7. The first-order valence-corrected chi connectivity index (χ1v) is 7.77. The summed E-state index contributed by atoms with van der Waals surface area (Å²) in [6.07, 6.45) is 0. The summed E-state index contributed by atoms with van der Waals surface area (Å²) >= 11 is 0. The van der Waals surface area contributed by atoms with E-state index in [0.717, 1.165) is 10.2 Å². The molecule has 25 heavy (non-hydrogen) atoms. The highest BCUT2D eigenvalue weighted by Gasteiger charge is 2.19. The van der Waals surface area contributed by atoms with E-state index in [1.54, 1.807) is 19.1 Å². The van der Waals surface area contributed by atoms with E-state index < -0.39 is 23.3 Å². The summed E-state index contributed by atoms with van der Waals surface area (Å²) in [6, 6.07) is 17.3. The zero-order valence-electron chi connectivity index (χ0n) is 13.5. The first kappa shape index (κ1) is 16.6. The zero-order valence-corrected chi connectivity index (χ0v) is 13.5. The molecule has 1 heterocycles. The number of nitrogens with one attached hydrogen (secondary N) is 1. The zero-order chi connectivity index (χ0) is 17.8. The Morgan fingerprint density at radius 1 is 1.04 bits per heavy atom. The van der Waals surface area contributed by atoms with Crippen LogP contribution in [-0.2, 0) is 4.79 Å². The van der Waals surface area contributed by atoms with E-state index in [-0.39, 0.29) is 5.69 Å². The summed E-state index contributed by atoms with van der Waals surface area (Å²) in [5.41, 5.74) is 1.06. The Kier molecular flexibility index (Phi) is 4.70. The normalized spacial score (nSPS) is 11.8. The standard InChI is InChI=1S/C19H16FN3O2/c1-13(19(25)21-17-10-6-5-9-15(17)20)23-18(24)12-11-16(22-23)14-7-3-2-4-8-14/h2-13H,1H3,(H,21,25). The van der Waals surface area contributed by atoms with Crippen LogP contribution in [0.25, 0.3) is 11.3 Å². The van der Waals surface area contributed by atoms with E-state index in [1.807, 2.05) is 30.3 Å². The van der Waals surface area contributed by atoms with Gasteiger partial charge in [-0.1, -0.05) is 42.5 Å². The maximum absolute atomic E-state index is 13.7. The monoisotopic (exact) mass is 337 g/mol. The van der Waals surface area contributed by atoms with Crippen LogP contribution in [0.2, 0.25) is 0 Å². The molecule has 0 spiro atoms. The minimum Gasteiger partial charge on any atom is -0.322 e. The summed E-state index contributed by atoms with van der Waals surface area (Å²) in [7, 11) is 0. The molecule has 1 N–H and O–H groups in total. The fourth-order valence-electron chi connectivity index (χ4n) is 2.38. The number of benzene rings is 2. The minimum absolute atomic E-state index is 0.0617. The Morgan fingerprint density at radius 2 is 1.72 bits per heavy atom. The molecule has 1 unspecified atom stereocenters. The molecule has 1 atom stereocenters. The molecular formula is C19H16FN3O2. The summed E-state index contributed by atoms with van der Waals surface area (Å²) in [4.78, 5) is 24.5. The van der Waals surface area contributed by atoms with Crippen molar-refractivity contribution in [2.75, 3.05) is 5.32 Å². The van der Waals surface area contributed by atoms with Crippen LogP contribution in [0.15, 0.2) is 71.5 Å². The van der Waals surface area contributed by atoms with Crippen LogP contribution in [-0.4, -0.2) is 15.7 Å². The first-order valence-electron chi connectivity index (χ1n) is 7.77. The van der Waals surface area contributed by atoms with Crippen molar-refractivity contribution < 1.29 is 9.18 Å². The van der Waals surface area contributed by atoms with Crippen LogP contribution in [0.4, 0.5) is 10.1 Å². The van der Waals surface area contributed by atoms with Crippen LogP contribution in [0.5, 0.6) is 0 Å². The van der Waals surface area contributed by atoms with Gasteiger partial charge in [-0.15, -0.1) is 0 Å². The van der Waals surface area contributed by atoms with Crippen molar-refractivity contribution in [3.05, 3.63) is 82.9 Å². The van der Waals surface area contributed by atoms with E-state index in [9.17, 15) is 14.0 Å². The Bertz CT molecular complexity index is 954. The van der Waals surface area contributed by atoms with Crippen molar-refractivity contribution in [1.82, 2.24) is 9.78 Å². The minimum atomic E-state index is -0.893. The lowest BCUT2D eigenvalue weighted by Gasteiger charge is -2.15. The van der Waals surface area contributed by atoms with Crippen LogP contribution in [0.1, 0.15) is 13.0 Å². The molecular weight excluding hydrogens is 321 g/mol. The number of rotatable bonds is 4. The Labute approximate surface area is 143 Å². The van der Waals surface area contributed by atoms with Crippen LogP contribution >= 0.6 is 0 Å². The van der Waals surface area contributed by atoms with Gasteiger partial charge in [0, 0.05) is 11.6 Å². The van der Waals surface area contributed by atoms with Crippen LogP contribution in [0, 0.1) is 5.82 Å². The molecule has 0 fully saturated rings. The second-order valence-electron chi connectivity index (χ2n) is 5.51. The van der Waals surface area contributed by atoms with Gasteiger partial charge in [0.25, 0.3) is 5.56 Å². The molecule has 5 nitrogen and oxygen atoms in total. The van der Waals surface area contributed by atoms with Crippen molar-refractivity contribution in [2.24, 2.45) is 0 Å². The molecule has 0 bridgehead atoms. The molecule has 1 amide bonds. The number of anilines is 1. The third kappa shape index (κ3) is 3.63. The number of amides is 1. The molecule has 1 aromatic heterocycles. The lowest BCUT2D eigenvalue weighted by molar-refractivity contribution is -0.119. The van der Waals surface area contributed by atoms with Gasteiger partial charge in [-0.2, -0.15) is 5.10 Å². The highest BCUT2D eigenvalue weighted by atomic mass is 19.1. The van der Waals surface area contributed by atoms with Gasteiger partial charge in [0.2, 0.25) is 5.91 Å². The summed E-state index contributed by atoms with van der Waals surface area (Å²) < 4.78 is 14.8. The van der Waals surface area contributed by atoms with Gasteiger partial charge in [-0.05, 0) is 25.1 Å². The van der Waals surface area contributed by atoms with E-state index in [2.05, 4.69) is 10.4 Å². The van der Waals surface area contributed by atoms with Gasteiger partial charge >= 0.3 is 0 Å². The van der Waals surface area contributed by atoms with E-state index >= 15 is 0 Å². The lowest BCUT2D eigenvalue weighted by Crippen LogP contribution is -2.33. The molecule has 126 valence electrons. The number of hydrogen-bond acceptors (Lipinski definition) is 3. The van der Waals surface area contributed by atoms with Crippen LogP contribution < -0.4 is 10.9 Å². The summed E-state index contributed by atoms with van der Waals surface area (Å²) in [6.45, 7) is 1.54. The second-order valence-corrected chi connectivity index (χ2v) is 5.51. The molecule has 0 saturated heterocycles. The first-order chi connectivity index (χ1) is 12.1. The largest absolute Gasteiger partial charge is 0.322 e. The van der Waals surface area contributed by atoms with Gasteiger partial charge in [0.1, 0.15) is 11.9 Å². The predicted molar refractivity (Wildman–Crippen MR) is 93.7 cm³/mol. The molecule has 3 aromatic rings. The Balaban J connectivity index is 1.89. The van der Waals surface area contributed by atoms with Crippen molar-refractivity contribution in [1.29, 1.82) is 0 Å². The van der Waals surface area contributed by atoms with Gasteiger partial charge < -0.3 is 5.32 Å². The third-order valence-corrected chi connectivity index (χ3v) is 3.77. The summed E-state index contributed by atoms with van der Waals surface area (Å²) in [5, 5.41) is 6.76. The fraction of sp³-hybridized carbons (Fsp3) is 0.105. The SMILES string of the molecule is CC(C(=O)Nc1ccccc1F)n1nc(-c2ccccc2)ccc1=O. The van der Waals surface area contributed by atoms with E-state index in [1.165, 1.54) is 24.3 Å². The Hall–Kier alpha value is -3.28. The smallest absolute Gasteiger partial charge is 0.267 e. The van der Waals surface area contributed by atoms with Gasteiger partial charge in [0.15, 0.2) is 0 Å². The predicted octanol–water partition coefficient (Wildman–Crippen LogP) is 3.25. The topological polar surface area (TPSA) is 64.0 Å². The van der Waals surface area contributed by atoms with Crippen LogP contribution in [0.3, 0.4) is 0 Å². The van der Waals surface area contributed by atoms with Gasteiger partial charge in [0.05, 0.1) is 11.4 Å². The number of halogens is 1. The van der Waals surface area contributed by atoms with Crippen molar-refractivity contribution in [2.45, 2.75) is 13.0 Å². The van der Waals surface area contributed by atoms with Crippen molar-refractivity contribution in [3.8, 4) is 11.3 Å². The molecule has 0 aliphatic heterocycles. The number of aromatic nitrogens is 2. The molecule has 0 radical (unpaired) electrons. The van der Waals surface area contributed by atoms with Crippen molar-refractivity contribution in [3.63, 3.8) is 0 Å². The number of hydrogen-bond donors (Lipinski definition) is 1. The number of carbonyl (C=O) groups is 1. The summed E-state index contributed by atoms with van der Waals surface area (Å²) in [5.74, 6) is -1.06. The second kappa shape index (κ2) is 7.09. The molecule has 3 rings (SSSR count). The molecule has 0 aliphatic carbocycles. The highest BCUT2D eigenvalue weighted by molar-refractivity contribution is 5.93. The highest BCUT2D eigenvalue weighted by Crippen LogP contribution is 2.17. The van der Waals surface area contributed by atoms with Crippen molar-refractivity contribution >= 4 is 11.6 Å². The number of para-hydroxylation sites is 1.